The third-order valence-electron chi connectivity index (χ3n) is 2.58. The molecule has 2 heterocycles. The van der Waals surface area contributed by atoms with Crippen LogP contribution < -0.4 is 4.72 Å². The highest BCUT2D eigenvalue weighted by Gasteiger charge is 2.20. The van der Waals surface area contributed by atoms with Gasteiger partial charge >= 0.3 is 5.97 Å². The van der Waals surface area contributed by atoms with Crippen LogP contribution >= 0.6 is 0 Å². The molecule has 0 spiro atoms. The second-order valence-corrected chi connectivity index (χ2v) is 5.78. The second-order valence-electron chi connectivity index (χ2n) is 4.02. The van der Waals surface area contributed by atoms with Crippen molar-refractivity contribution in [2.45, 2.75) is 11.4 Å². The van der Waals surface area contributed by atoms with Gasteiger partial charge in [0.1, 0.15) is 10.6 Å². The number of rotatable bonds is 5. The predicted octanol–water partition coefficient (Wildman–Crippen LogP) is -0.00820. The van der Waals surface area contributed by atoms with Gasteiger partial charge in [-0.3, -0.25) is 0 Å². The molecule has 9 heteroatoms. The van der Waals surface area contributed by atoms with Crippen molar-refractivity contribution < 1.29 is 18.3 Å². The quantitative estimate of drug-likeness (QED) is 0.802. The highest BCUT2D eigenvalue weighted by atomic mass is 32.2. The Morgan fingerprint density at radius 3 is 2.80 bits per heavy atom. The van der Waals surface area contributed by atoms with Gasteiger partial charge in [0.15, 0.2) is 0 Å². The summed E-state index contributed by atoms with van der Waals surface area (Å²) in [4.78, 5) is 10.8. The number of hydrogen-bond donors (Lipinski definition) is 2. The summed E-state index contributed by atoms with van der Waals surface area (Å²) in [6, 6.07) is 4.37. The van der Waals surface area contributed by atoms with E-state index in [1.54, 1.807) is 12.1 Å². The van der Waals surface area contributed by atoms with Crippen molar-refractivity contribution in [1.29, 1.82) is 0 Å². The summed E-state index contributed by atoms with van der Waals surface area (Å²) in [6.07, 6.45) is 2.72. The maximum Gasteiger partial charge on any atom is 0.352 e. The van der Waals surface area contributed by atoms with Gasteiger partial charge in [-0.1, -0.05) is 0 Å². The molecule has 20 heavy (non-hydrogen) atoms. The minimum Gasteiger partial charge on any atom is -0.477 e. The first-order chi connectivity index (χ1) is 9.40. The minimum absolute atomic E-state index is 0.0204. The third kappa shape index (κ3) is 3.00. The van der Waals surface area contributed by atoms with Crippen LogP contribution in [0, 0.1) is 0 Å². The van der Waals surface area contributed by atoms with E-state index >= 15 is 0 Å². The Labute approximate surface area is 115 Å². The van der Waals surface area contributed by atoms with Gasteiger partial charge in [-0.05, 0) is 18.2 Å². The Bertz CT molecular complexity index is 724. The van der Waals surface area contributed by atoms with Gasteiger partial charge in [-0.2, -0.15) is 10.2 Å². The molecular formula is C11H12N4O4S. The summed E-state index contributed by atoms with van der Waals surface area (Å²) in [7, 11) is -2.33. The zero-order chi connectivity index (χ0) is 14.8. The van der Waals surface area contributed by atoms with E-state index in [1.165, 1.54) is 24.0 Å². The van der Waals surface area contributed by atoms with E-state index in [1.807, 2.05) is 0 Å². The lowest BCUT2D eigenvalue weighted by Crippen LogP contribution is -2.23. The van der Waals surface area contributed by atoms with E-state index in [-0.39, 0.29) is 17.1 Å². The van der Waals surface area contributed by atoms with Crippen molar-refractivity contribution in [3.8, 4) is 0 Å². The number of aromatic nitrogens is 3. The SMILES string of the molecule is Cn1cc(S(=O)(=O)NCc2cccnn2)cc1C(=O)O. The molecule has 106 valence electrons. The summed E-state index contributed by atoms with van der Waals surface area (Å²) >= 11 is 0. The average Bonchev–Trinajstić information content (AvgIpc) is 2.81. The first kappa shape index (κ1) is 14.2. The number of aryl methyl sites for hydroxylation is 1. The van der Waals surface area contributed by atoms with Crippen molar-refractivity contribution in [3.05, 3.63) is 42.0 Å². The fraction of sp³-hybridized carbons (Fsp3) is 0.182. The highest BCUT2D eigenvalue weighted by Crippen LogP contribution is 2.13. The molecule has 0 radical (unpaired) electrons. The summed E-state index contributed by atoms with van der Waals surface area (Å²) < 4.78 is 27.6. The standard InChI is InChI=1S/C11H12N4O4S/c1-15-7-9(5-10(15)11(16)17)20(18,19)13-6-8-3-2-4-12-14-8/h2-5,7,13H,6H2,1H3,(H,16,17). The number of hydrogen-bond acceptors (Lipinski definition) is 5. The fourth-order valence-electron chi connectivity index (χ4n) is 1.57. The highest BCUT2D eigenvalue weighted by molar-refractivity contribution is 7.89. The number of aromatic carboxylic acids is 1. The van der Waals surface area contributed by atoms with Gasteiger partial charge in [0.05, 0.1) is 12.2 Å². The lowest BCUT2D eigenvalue weighted by atomic mass is 10.4. The number of nitrogens with zero attached hydrogens (tertiary/aromatic N) is 3. The van der Waals surface area contributed by atoms with Gasteiger partial charge in [-0.15, -0.1) is 0 Å². The van der Waals surface area contributed by atoms with Crippen LogP contribution in [0.2, 0.25) is 0 Å². The summed E-state index contributed by atoms with van der Waals surface area (Å²) in [6.45, 7) is -0.0204. The second kappa shape index (κ2) is 5.39. The van der Waals surface area contributed by atoms with Crippen LogP contribution in [0.3, 0.4) is 0 Å². The largest absolute Gasteiger partial charge is 0.477 e. The molecule has 2 rings (SSSR count). The lowest BCUT2D eigenvalue weighted by molar-refractivity contribution is 0.0686. The molecule has 8 nitrogen and oxygen atoms in total. The molecule has 0 amide bonds. The van der Waals surface area contributed by atoms with Gasteiger partial charge in [0.25, 0.3) is 0 Å². The van der Waals surface area contributed by atoms with E-state index in [0.717, 1.165) is 6.07 Å². The van der Waals surface area contributed by atoms with Crippen LogP contribution in [-0.2, 0) is 23.6 Å². The zero-order valence-electron chi connectivity index (χ0n) is 10.5. The topological polar surface area (TPSA) is 114 Å². The Balaban J connectivity index is 2.18. The molecule has 0 fully saturated rings. The first-order valence-corrected chi connectivity index (χ1v) is 7.04. The summed E-state index contributed by atoms with van der Waals surface area (Å²) in [5, 5.41) is 16.3. The molecule has 0 aliphatic heterocycles. The van der Waals surface area contributed by atoms with E-state index in [0.29, 0.717) is 5.69 Å². The summed E-state index contributed by atoms with van der Waals surface area (Å²) in [5.74, 6) is -1.19. The predicted molar refractivity (Wildman–Crippen MR) is 68.4 cm³/mol. The molecule has 2 N–H and O–H groups in total. The molecular weight excluding hydrogens is 284 g/mol. The molecule has 0 bridgehead atoms. The number of carboxylic acid groups (broad SMARTS) is 1. The smallest absolute Gasteiger partial charge is 0.352 e. The molecule has 0 atom stereocenters. The Morgan fingerprint density at radius 2 is 2.25 bits per heavy atom. The zero-order valence-corrected chi connectivity index (χ0v) is 11.3. The molecule has 0 saturated carbocycles. The van der Waals surface area contributed by atoms with Crippen molar-refractivity contribution in [3.63, 3.8) is 0 Å². The van der Waals surface area contributed by atoms with Crippen molar-refractivity contribution >= 4 is 16.0 Å². The normalized spacial score (nSPS) is 11.4. The van der Waals surface area contributed by atoms with E-state index < -0.39 is 16.0 Å². The number of carboxylic acids is 1. The summed E-state index contributed by atoms with van der Waals surface area (Å²) in [5.41, 5.74) is 0.357. The molecule has 0 aliphatic rings. The van der Waals surface area contributed by atoms with Gasteiger partial charge in [-0.25, -0.2) is 17.9 Å². The number of carbonyl (C=O) groups is 1. The van der Waals surface area contributed by atoms with Crippen LogP contribution in [0.25, 0.3) is 0 Å². The number of sulfonamides is 1. The number of nitrogens with one attached hydrogen (secondary N) is 1. The average molecular weight is 296 g/mol. The van der Waals surface area contributed by atoms with Crippen molar-refractivity contribution in [2.24, 2.45) is 7.05 Å². The lowest BCUT2D eigenvalue weighted by Gasteiger charge is -2.03. The molecule has 2 aromatic rings. The maximum atomic E-state index is 12.0. The van der Waals surface area contributed by atoms with E-state index in [2.05, 4.69) is 14.9 Å². The Hall–Kier alpha value is -2.26. The monoisotopic (exact) mass is 296 g/mol. The van der Waals surface area contributed by atoms with Gasteiger partial charge in [0.2, 0.25) is 10.0 Å². The Morgan fingerprint density at radius 1 is 1.50 bits per heavy atom. The minimum atomic E-state index is -3.80. The van der Waals surface area contributed by atoms with Crippen LogP contribution in [0.4, 0.5) is 0 Å². The fourth-order valence-corrected chi connectivity index (χ4v) is 2.64. The van der Waals surface area contributed by atoms with Crippen molar-refractivity contribution in [1.82, 2.24) is 19.5 Å². The van der Waals surface area contributed by atoms with Crippen LogP contribution in [0.5, 0.6) is 0 Å². The van der Waals surface area contributed by atoms with Gasteiger partial charge < -0.3 is 9.67 Å². The van der Waals surface area contributed by atoms with E-state index in [4.69, 9.17) is 5.11 Å². The molecule has 0 aliphatic carbocycles. The third-order valence-corrected chi connectivity index (χ3v) is 3.95. The van der Waals surface area contributed by atoms with Crippen LogP contribution in [0.15, 0.2) is 35.5 Å². The molecule has 0 saturated heterocycles. The first-order valence-electron chi connectivity index (χ1n) is 5.56. The molecule has 0 aromatic carbocycles. The maximum absolute atomic E-state index is 12.0. The molecule has 2 aromatic heterocycles. The van der Waals surface area contributed by atoms with E-state index in [9.17, 15) is 13.2 Å². The van der Waals surface area contributed by atoms with Gasteiger partial charge in [0, 0.05) is 19.4 Å². The van der Waals surface area contributed by atoms with Crippen molar-refractivity contribution in [2.75, 3.05) is 0 Å². The van der Waals surface area contributed by atoms with Crippen LogP contribution in [-0.4, -0.2) is 34.3 Å². The molecule has 0 unspecified atom stereocenters. The van der Waals surface area contributed by atoms with Crippen LogP contribution in [0.1, 0.15) is 16.2 Å². The Kier molecular flexibility index (Phi) is 3.81.